The summed E-state index contributed by atoms with van der Waals surface area (Å²) in [7, 11) is 13.8. The van der Waals surface area contributed by atoms with E-state index in [1.165, 1.54) is 45.2 Å². The molecule has 4 aromatic rings. The van der Waals surface area contributed by atoms with E-state index in [1.54, 1.807) is 23.5 Å². The highest BCUT2D eigenvalue weighted by Crippen LogP contribution is 2.06. The number of ether oxygens (including phenoxy) is 2. The summed E-state index contributed by atoms with van der Waals surface area (Å²) in [5, 5.41) is 8.90. The van der Waals surface area contributed by atoms with E-state index in [9.17, 15) is 14.4 Å². The third-order valence-electron chi connectivity index (χ3n) is 5.05. The number of esters is 2. The number of rotatable bonds is 7. The Kier molecular flexibility index (Phi) is 17.2. The van der Waals surface area contributed by atoms with Gasteiger partial charge in [0.1, 0.15) is 28.3 Å². The van der Waals surface area contributed by atoms with Gasteiger partial charge < -0.3 is 29.3 Å². The van der Waals surface area contributed by atoms with Gasteiger partial charge in [-0.1, -0.05) is 11.6 Å². The summed E-state index contributed by atoms with van der Waals surface area (Å²) in [4.78, 5) is 68.4. The standard InChI is InChI=1S/C8H11N3O2.C7H11N3O.C7H9N3O.C6H5ClN2O2/c1-11(2)7-5-9-6(4-10-7)8(12)13-3;2*1-10(2)7-4-8-6(5-11)3-9-7;1-11-6(10)4-2-9-5(7)3-8-4/h4-5H,1-3H3;3-4,11H,5H2,1-2H3;3-5H,1-2H3;2-3H,1H3. The van der Waals surface area contributed by atoms with Crippen LogP contribution < -0.4 is 14.7 Å². The number of aromatic nitrogens is 8. The van der Waals surface area contributed by atoms with E-state index in [0.29, 0.717) is 23.5 Å². The van der Waals surface area contributed by atoms with Crippen LogP contribution in [0.2, 0.25) is 5.15 Å². The Labute approximate surface area is 271 Å². The molecule has 4 heterocycles. The van der Waals surface area contributed by atoms with Crippen molar-refractivity contribution in [3.63, 3.8) is 0 Å². The van der Waals surface area contributed by atoms with Crippen LogP contribution in [0.15, 0.2) is 49.6 Å². The van der Waals surface area contributed by atoms with Gasteiger partial charge in [0.2, 0.25) is 0 Å². The number of methoxy groups -OCH3 is 2. The first-order chi connectivity index (χ1) is 21.9. The molecule has 4 aromatic heterocycles. The van der Waals surface area contributed by atoms with E-state index >= 15 is 0 Å². The third-order valence-corrected chi connectivity index (χ3v) is 5.25. The zero-order valence-electron chi connectivity index (χ0n) is 26.7. The van der Waals surface area contributed by atoms with Crippen molar-refractivity contribution < 1.29 is 29.0 Å². The van der Waals surface area contributed by atoms with Crippen molar-refractivity contribution in [2.45, 2.75) is 6.61 Å². The fraction of sp³-hybridized carbons (Fsp3) is 0.321. The van der Waals surface area contributed by atoms with Gasteiger partial charge in [-0.15, -0.1) is 0 Å². The predicted octanol–water partition coefficient (Wildman–Crippen LogP) is 1.64. The summed E-state index contributed by atoms with van der Waals surface area (Å²) >= 11 is 5.43. The second-order valence-corrected chi connectivity index (χ2v) is 9.48. The Morgan fingerprint density at radius 3 is 1.39 bits per heavy atom. The lowest BCUT2D eigenvalue weighted by Crippen LogP contribution is -2.12. The molecule has 246 valence electrons. The zero-order chi connectivity index (χ0) is 34.6. The molecular weight excluding hydrogens is 622 g/mol. The summed E-state index contributed by atoms with van der Waals surface area (Å²) in [6, 6.07) is 0. The van der Waals surface area contributed by atoms with Crippen LogP contribution >= 0.6 is 11.6 Å². The Hall–Kier alpha value is -5.42. The topological polar surface area (TPSA) is 203 Å². The third kappa shape index (κ3) is 13.9. The first kappa shape index (κ1) is 38.6. The van der Waals surface area contributed by atoms with Crippen molar-refractivity contribution in [3.05, 3.63) is 77.5 Å². The van der Waals surface area contributed by atoms with Crippen LogP contribution in [0.25, 0.3) is 0 Å². The molecule has 0 fully saturated rings. The van der Waals surface area contributed by atoms with Gasteiger partial charge in [0.05, 0.1) is 76.1 Å². The maximum atomic E-state index is 11.0. The molecule has 0 unspecified atom stereocenters. The average Bonchev–Trinajstić information content (AvgIpc) is 3.08. The highest BCUT2D eigenvalue weighted by Gasteiger charge is 2.08. The minimum atomic E-state index is -0.519. The fourth-order valence-electron chi connectivity index (χ4n) is 2.57. The molecule has 0 saturated heterocycles. The molecule has 0 atom stereocenters. The summed E-state index contributed by atoms with van der Waals surface area (Å²) in [5.74, 6) is 1.25. The van der Waals surface area contributed by atoms with Gasteiger partial charge in [-0.2, -0.15) is 0 Å². The average molecular weight is 658 g/mol. The number of aliphatic hydroxyl groups is 1. The van der Waals surface area contributed by atoms with Gasteiger partial charge in [0.15, 0.2) is 17.7 Å². The van der Waals surface area contributed by atoms with Crippen molar-refractivity contribution in [1.82, 2.24) is 39.9 Å². The number of halogens is 1. The molecule has 1 N–H and O–H groups in total. The summed E-state index contributed by atoms with van der Waals surface area (Å²) in [6.45, 7) is -0.0549. The molecule has 0 bridgehead atoms. The van der Waals surface area contributed by atoms with Crippen LogP contribution in [-0.4, -0.2) is 120 Å². The second kappa shape index (κ2) is 20.5. The first-order valence-corrected chi connectivity index (χ1v) is 13.4. The second-order valence-electron chi connectivity index (χ2n) is 9.09. The monoisotopic (exact) mass is 657 g/mol. The van der Waals surface area contributed by atoms with E-state index in [1.807, 2.05) is 52.1 Å². The van der Waals surface area contributed by atoms with Gasteiger partial charge in [0, 0.05) is 42.3 Å². The number of hydrogen-bond acceptors (Lipinski definition) is 17. The van der Waals surface area contributed by atoms with Crippen molar-refractivity contribution in [1.29, 1.82) is 0 Å². The van der Waals surface area contributed by atoms with Gasteiger partial charge in [-0.25, -0.2) is 44.5 Å². The molecule has 0 aliphatic rings. The molecule has 4 rings (SSSR count). The lowest BCUT2D eigenvalue weighted by atomic mass is 10.4. The maximum absolute atomic E-state index is 11.0. The molecule has 0 spiro atoms. The number of aldehydes is 1. The Bertz CT molecular complexity index is 1470. The number of carbonyl (C=O) groups is 3. The molecule has 0 aliphatic carbocycles. The van der Waals surface area contributed by atoms with Gasteiger partial charge in [-0.05, 0) is 0 Å². The van der Waals surface area contributed by atoms with Gasteiger partial charge >= 0.3 is 11.9 Å². The van der Waals surface area contributed by atoms with Crippen molar-refractivity contribution in [2.75, 3.05) is 71.2 Å². The largest absolute Gasteiger partial charge is 0.464 e. The normalized spacial score (nSPS) is 9.43. The summed E-state index contributed by atoms with van der Waals surface area (Å²) in [5.41, 5.74) is 1.32. The Balaban J connectivity index is 0.000000307. The first-order valence-electron chi connectivity index (χ1n) is 13.0. The SMILES string of the molecule is CN(C)c1cnc(C=O)cn1.CN(C)c1cnc(CO)cn1.COC(=O)c1cnc(Cl)cn1.COC(=O)c1cnc(N(C)C)cn1. The summed E-state index contributed by atoms with van der Waals surface area (Å²) in [6.07, 6.45) is 12.3. The molecule has 0 saturated carbocycles. The molecule has 17 nitrogen and oxygen atoms in total. The van der Waals surface area contributed by atoms with Gasteiger partial charge in [0.25, 0.3) is 0 Å². The lowest BCUT2D eigenvalue weighted by molar-refractivity contribution is 0.0584. The Morgan fingerprint density at radius 1 is 0.652 bits per heavy atom. The smallest absolute Gasteiger partial charge is 0.358 e. The van der Waals surface area contributed by atoms with Crippen LogP contribution in [0.4, 0.5) is 17.5 Å². The molecule has 0 aromatic carbocycles. The minimum absolute atomic E-state index is 0.0549. The van der Waals surface area contributed by atoms with E-state index < -0.39 is 11.9 Å². The van der Waals surface area contributed by atoms with Crippen LogP contribution in [0.5, 0.6) is 0 Å². The van der Waals surface area contributed by atoms with Crippen molar-refractivity contribution in [3.8, 4) is 0 Å². The highest BCUT2D eigenvalue weighted by molar-refractivity contribution is 6.29. The van der Waals surface area contributed by atoms with E-state index in [0.717, 1.165) is 11.6 Å². The molecule has 0 aliphatic heterocycles. The quantitative estimate of drug-likeness (QED) is 0.221. The molecule has 0 amide bonds. The zero-order valence-corrected chi connectivity index (χ0v) is 27.4. The van der Waals surface area contributed by atoms with Crippen molar-refractivity contribution in [2.24, 2.45) is 0 Å². The van der Waals surface area contributed by atoms with Crippen LogP contribution in [0.1, 0.15) is 37.2 Å². The van der Waals surface area contributed by atoms with Crippen molar-refractivity contribution >= 4 is 47.3 Å². The predicted molar refractivity (Wildman–Crippen MR) is 170 cm³/mol. The maximum Gasteiger partial charge on any atom is 0.358 e. The van der Waals surface area contributed by atoms with Gasteiger partial charge in [-0.3, -0.25) is 9.78 Å². The fourth-order valence-corrected chi connectivity index (χ4v) is 2.67. The number of hydrogen-bond donors (Lipinski definition) is 1. The van der Waals surface area contributed by atoms with Crippen LogP contribution in [0, 0.1) is 0 Å². The number of anilines is 3. The van der Waals surface area contributed by atoms with E-state index in [-0.39, 0.29) is 23.1 Å². The minimum Gasteiger partial charge on any atom is -0.464 e. The van der Waals surface area contributed by atoms with E-state index in [2.05, 4.69) is 49.3 Å². The lowest BCUT2D eigenvalue weighted by Gasteiger charge is -2.09. The molecule has 46 heavy (non-hydrogen) atoms. The van der Waals surface area contributed by atoms with E-state index in [4.69, 9.17) is 16.7 Å². The number of aliphatic hydroxyl groups excluding tert-OH is 1. The highest BCUT2D eigenvalue weighted by atomic mass is 35.5. The van der Waals surface area contributed by atoms with Crippen LogP contribution in [-0.2, 0) is 16.1 Å². The molecular formula is C28H36ClN11O6. The van der Waals surface area contributed by atoms with Crippen LogP contribution in [0.3, 0.4) is 0 Å². The Morgan fingerprint density at radius 2 is 1.09 bits per heavy atom. The number of carbonyl (C=O) groups excluding carboxylic acids is 3. The molecule has 0 radical (unpaired) electrons. The molecule has 18 heteroatoms. The number of nitrogens with zero attached hydrogens (tertiary/aromatic N) is 11. The summed E-state index contributed by atoms with van der Waals surface area (Å²) < 4.78 is 8.87.